The molecule has 0 aliphatic rings. The van der Waals surface area contributed by atoms with Gasteiger partial charge in [0.05, 0.1) is 18.2 Å². The first-order chi connectivity index (χ1) is 10.1. The summed E-state index contributed by atoms with van der Waals surface area (Å²) in [5.74, 6) is 0.805. The number of fused-ring (bicyclic) bond motifs is 1. The third-order valence-corrected chi connectivity index (χ3v) is 6.39. The van der Waals surface area contributed by atoms with Crippen LogP contribution in [0.3, 0.4) is 0 Å². The zero-order chi connectivity index (χ0) is 16.5. The number of anilines is 1. The van der Waals surface area contributed by atoms with Crippen LogP contribution < -0.4 is 3.71 Å². The number of rotatable bonds is 6. The Kier molecular flexibility index (Phi) is 4.53. The number of unbranched alkanes of at least 4 members (excludes halogenated alkanes) is 1. The van der Waals surface area contributed by atoms with Crippen LogP contribution in [-0.4, -0.2) is 29.3 Å². The van der Waals surface area contributed by atoms with Gasteiger partial charge in [-0.2, -0.15) is 3.71 Å². The van der Waals surface area contributed by atoms with Gasteiger partial charge in [-0.05, 0) is 30.7 Å². The van der Waals surface area contributed by atoms with Gasteiger partial charge in [0.25, 0.3) is 0 Å². The van der Waals surface area contributed by atoms with E-state index in [2.05, 4.69) is 6.92 Å². The average Bonchev–Trinajstić information content (AvgIpc) is 2.74. The molecule has 0 atom stereocenters. The zero-order valence-electron chi connectivity index (χ0n) is 12.7. The summed E-state index contributed by atoms with van der Waals surface area (Å²) < 4.78 is 53.2. The lowest BCUT2D eigenvalue weighted by atomic mass is 10.2. The molecule has 0 amide bonds. The number of benzene rings is 1. The third kappa shape index (κ3) is 3.61. The summed E-state index contributed by atoms with van der Waals surface area (Å²) in [7, 11) is -7.87. The van der Waals surface area contributed by atoms with Crippen LogP contribution in [-0.2, 0) is 26.5 Å². The Morgan fingerprint density at radius 1 is 1.05 bits per heavy atom. The number of aryl methyl sites for hydroxylation is 1. The summed E-state index contributed by atoms with van der Waals surface area (Å²) in [5, 5.41) is 0.681. The molecule has 2 rings (SSSR count). The summed E-state index contributed by atoms with van der Waals surface area (Å²) >= 11 is 0. The van der Waals surface area contributed by atoms with Gasteiger partial charge in [0, 0.05) is 11.8 Å². The normalized spacial score (nSPS) is 12.7. The molecule has 0 fully saturated rings. The van der Waals surface area contributed by atoms with Crippen LogP contribution >= 0.6 is 0 Å². The van der Waals surface area contributed by atoms with Crippen molar-refractivity contribution in [3.63, 3.8) is 0 Å². The highest BCUT2D eigenvalue weighted by Crippen LogP contribution is 2.28. The summed E-state index contributed by atoms with van der Waals surface area (Å²) in [6, 6.07) is 6.34. The van der Waals surface area contributed by atoms with Crippen molar-refractivity contribution in [2.24, 2.45) is 0 Å². The van der Waals surface area contributed by atoms with Crippen molar-refractivity contribution in [1.29, 1.82) is 0 Å². The summed E-state index contributed by atoms with van der Waals surface area (Å²) in [6.45, 7) is 2.08. The first-order valence-electron chi connectivity index (χ1n) is 6.86. The molecular weight excluding hydrogens is 326 g/mol. The Hall–Kier alpha value is -1.54. The predicted octanol–water partition coefficient (Wildman–Crippen LogP) is 2.50. The molecule has 0 N–H and O–H groups in total. The fraction of sp³-hybridized carbons (Fsp3) is 0.429. The lowest BCUT2D eigenvalue weighted by Gasteiger charge is -2.19. The SMILES string of the molecule is CCCCc1cc2cc(N(S(C)(=O)=O)S(C)(=O)=O)ccc2o1. The molecule has 0 saturated carbocycles. The fourth-order valence-electron chi connectivity index (χ4n) is 2.30. The van der Waals surface area contributed by atoms with E-state index in [9.17, 15) is 16.8 Å². The first-order valence-corrected chi connectivity index (χ1v) is 10.6. The highest BCUT2D eigenvalue weighted by molar-refractivity contribution is 8.09. The van der Waals surface area contributed by atoms with Crippen molar-refractivity contribution in [3.05, 3.63) is 30.0 Å². The minimum atomic E-state index is -3.94. The van der Waals surface area contributed by atoms with Crippen molar-refractivity contribution in [2.45, 2.75) is 26.2 Å². The number of furan rings is 1. The maximum atomic E-state index is 11.8. The van der Waals surface area contributed by atoms with Crippen LogP contribution in [0.25, 0.3) is 11.0 Å². The van der Waals surface area contributed by atoms with Gasteiger partial charge in [0.15, 0.2) is 0 Å². The zero-order valence-corrected chi connectivity index (χ0v) is 14.4. The molecule has 0 aliphatic heterocycles. The predicted molar refractivity (Wildman–Crippen MR) is 87.0 cm³/mol. The van der Waals surface area contributed by atoms with Gasteiger partial charge in [0.1, 0.15) is 11.3 Å². The van der Waals surface area contributed by atoms with E-state index in [-0.39, 0.29) is 5.69 Å². The van der Waals surface area contributed by atoms with Crippen LogP contribution in [0.1, 0.15) is 25.5 Å². The summed E-state index contributed by atoms with van der Waals surface area (Å²) in [5.41, 5.74) is 0.692. The molecule has 0 aliphatic carbocycles. The average molecular weight is 345 g/mol. The van der Waals surface area contributed by atoms with Crippen molar-refractivity contribution in [3.8, 4) is 0 Å². The largest absolute Gasteiger partial charge is 0.461 e. The molecule has 2 aromatic rings. The van der Waals surface area contributed by atoms with Crippen molar-refractivity contribution in [1.82, 2.24) is 0 Å². The van der Waals surface area contributed by atoms with E-state index < -0.39 is 20.0 Å². The quantitative estimate of drug-likeness (QED) is 0.803. The number of hydrogen-bond donors (Lipinski definition) is 0. The number of nitrogens with zero attached hydrogens (tertiary/aromatic N) is 1. The van der Waals surface area contributed by atoms with Gasteiger partial charge >= 0.3 is 0 Å². The van der Waals surface area contributed by atoms with Crippen LogP contribution in [0, 0.1) is 0 Å². The smallest absolute Gasteiger partial charge is 0.245 e. The molecule has 0 radical (unpaired) electrons. The van der Waals surface area contributed by atoms with E-state index in [1.165, 1.54) is 12.1 Å². The van der Waals surface area contributed by atoms with Crippen molar-refractivity contribution >= 4 is 36.7 Å². The maximum Gasteiger partial charge on any atom is 0.245 e. The lowest BCUT2D eigenvalue weighted by molar-refractivity contribution is 0.536. The second-order valence-corrected chi connectivity index (χ2v) is 9.16. The highest BCUT2D eigenvalue weighted by Gasteiger charge is 2.27. The monoisotopic (exact) mass is 345 g/mol. The standard InChI is InChI=1S/C14H19NO5S2/c1-4-5-6-13-10-11-9-12(7-8-14(11)20-13)15(21(2,16)17)22(3,18)19/h7-10H,4-6H2,1-3H3. The van der Waals surface area contributed by atoms with Crippen molar-refractivity contribution < 1.29 is 21.3 Å². The van der Waals surface area contributed by atoms with Crippen LogP contribution in [0.15, 0.2) is 28.7 Å². The first kappa shape index (κ1) is 16.8. The van der Waals surface area contributed by atoms with Gasteiger partial charge in [-0.3, -0.25) is 0 Å². The van der Waals surface area contributed by atoms with Gasteiger partial charge in [0.2, 0.25) is 20.0 Å². The molecule has 6 nitrogen and oxygen atoms in total. The summed E-state index contributed by atoms with van der Waals surface area (Å²) in [6.07, 6.45) is 4.55. The molecule has 0 spiro atoms. The molecule has 0 bridgehead atoms. The lowest BCUT2D eigenvalue weighted by Crippen LogP contribution is -2.35. The maximum absolute atomic E-state index is 11.8. The van der Waals surface area contributed by atoms with Crippen LogP contribution in [0.4, 0.5) is 5.69 Å². The second-order valence-electron chi connectivity index (χ2n) is 5.26. The van der Waals surface area contributed by atoms with E-state index in [0.29, 0.717) is 14.7 Å². The Bertz CT molecular complexity index is 849. The van der Waals surface area contributed by atoms with E-state index in [4.69, 9.17) is 4.42 Å². The molecule has 1 aromatic carbocycles. The Balaban J connectivity index is 2.51. The highest BCUT2D eigenvalue weighted by atomic mass is 32.3. The third-order valence-electron chi connectivity index (χ3n) is 3.14. The Labute approximate surface area is 130 Å². The van der Waals surface area contributed by atoms with Crippen LogP contribution in [0.5, 0.6) is 0 Å². The number of hydrogen-bond acceptors (Lipinski definition) is 5. The molecule has 0 saturated heterocycles. The topological polar surface area (TPSA) is 84.7 Å². The van der Waals surface area contributed by atoms with E-state index in [1.54, 1.807) is 6.07 Å². The van der Waals surface area contributed by atoms with E-state index in [0.717, 1.165) is 37.5 Å². The molecule has 8 heteroatoms. The molecule has 122 valence electrons. The fourth-order valence-corrected chi connectivity index (χ4v) is 5.26. The molecule has 1 heterocycles. The van der Waals surface area contributed by atoms with Gasteiger partial charge in [-0.15, -0.1) is 0 Å². The molecular formula is C14H19NO5S2. The van der Waals surface area contributed by atoms with Crippen LogP contribution in [0.2, 0.25) is 0 Å². The minimum Gasteiger partial charge on any atom is -0.461 e. The molecule has 22 heavy (non-hydrogen) atoms. The molecule has 0 unspecified atom stereocenters. The summed E-state index contributed by atoms with van der Waals surface area (Å²) in [4.78, 5) is 0. The minimum absolute atomic E-state index is 0.0836. The Morgan fingerprint density at radius 2 is 1.68 bits per heavy atom. The van der Waals surface area contributed by atoms with Gasteiger partial charge in [-0.1, -0.05) is 13.3 Å². The Morgan fingerprint density at radius 3 is 2.23 bits per heavy atom. The van der Waals surface area contributed by atoms with E-state index >= 15 is 0 Å². The second kappa shape index (κ2) is 5.92. The van der Waals surface area contributed by atoms with Gasteiger partial charge < -0.3 is 4.42 Å². The molecule has 1 aromatic heterocycles. The van der Waals surface area contributed by atoms with E-state index in [1.807, 2.05) is 6.07 Å². The van der Waals surface area contributed by atoms with Crippen molar-refractivity contribution in [2.75, 3.05) is 16.2 Å². The van der Waals surface area contributed by atoms with Gasteiger partial charge in [-0.25, -0.2) is 16.8 Å². The number of sulfonamides is 2.